The van der Waals surface area contributed by atoms with E-state index in [1.54, 1.807) is 7.05 Å². The van der Waals surface area contributed by atoms with E-state index in [0.29, 0.717) is 0 Å². The van der Waals surface area contributed by atoms with Gasteiger partial charge in [-0.2, -0.15) is 7.05 Å². The molecule has 0 aromatic heterocycles. The lowest BCUT2D eigenvalue weighted by Crippen LogP contribution is -2.05. The van der Waals surface area contributed by atoms with Gasteiger partial charge in [-0.25, -0.2) is 0 Å². The van der Waals surface area contributed by atoms with Crippen molar-refractivity contribution in [2.45, 2.75) is 0 Å². The summed E-state index contributed by atoms with van der Waals surface area (Å²) in [6.07, 6.45) is 0. The van der Waals surface area contributed by atoms with Gasteiger partial charge in [0.05, 0.1) is 0 Å². The average molecular weight is 132 g/mol. The van der Waals surface area contributed by atoms with Gasteiger partial charge in [0.1, 0.15) is 0 Å². The van der Waals surface area contributed by atoms with Crippen molar-refractivity contribution in [2.75, 3.05) is 19.3 Å². The maximum absolute atomic E-state index is 6.77. The van der Waals surface area contributed by atoms with E-state index in [4.69, 9.17) is 11.1 Å². The Morgan fingerprint density at radius 1 is 1.88 bits per heavy atom. The normalized spacial score (nSPS) is 9.12. The Morgan fingerprint density at radius 2 is 2.50 bits per heavy atom. The molecule has 3 nitrogen and oxygen atoms in total. The summed E-state index contributed by atoms with van der Waals surface area (Å²) in [6.45, 7) is 0.782. The molecule has 0 spiro atoms. The number of nitrogens with zero attached hydrogens (tertiary/aromatic N) is 1. The first-order chi connectivity index (χ1) is 3.77. The zero-order valence-electron chi connectivity index (χ0n) is 4.85. The van der Waals surface area contributed by atoms with Crippen molar-refractivity contribution in [3.8, 4) is 0 Å². The van der Waals surface area contributed by atoms with E-state index in [-0.39, 0.29) is 5.17 Å². The Balaban J connectivity index is 2.82. The zero-order chi connectivity index (χ0) is 6.41. The lowest BCUT2D eigenvalue weighted by atomic mass is 10.8. The Kier molecular flexibility index (Phi) is 4.79. The Hall–Kier alpha value is -0.220. The van der Waals surface area contributed by atoms with Gasteiger partial charge in [-0.15, -0.1) is 6.54 Å². The van der Waals surface area contributed by atoms with Gasteiger partial charge >= 0.3 is 0 Å². The molecule has 0 heterocycles. The summed E-state index contributed by atoms with van der Waals surface area (Å²) in [5.41, 5.74) is 5.04. The van der Waals surface area contributed by atoms with Crippen LogP contribution in [0.5, 0.6) is 0 Å². The quantitative estimate of drug-likeness (QED) is 0.336. The number of rotatable bonds is 3. The van der Waals surface area contributed by atoms with Crippen molar-refractivity contribution in [3.05, 3.63) is 5.32 Å². The summed E-state index contributed by atoms with van der Waals surface area (Å²) < 4.78 is 0. The predicted molar refractivity (Wildman–Crippen MR) is 38.5 cm³/mol. The third-order valence-corrected chi connectivity index (χ3v) is 1.27. The SMILES string of the molecule is C[N-]CCSC(=N)N. The summed E-state index contributed by atoms with van der Waals surface area (Å²) in [5.74, 6) is 0.825. The van der Waals surface area contributed by atoms with Gasteiger partial charge in [0, 0.05) is 0 Å². The third-order valence-electron chi connectivity index (χ3n) is 0.572. The largest absolute Gasteiger partial charge is 0.664 e. The molecule has 0 atom stereocenters. The van der Waals surface area contributed by atoms with Crippen LogP contribution in [-0.4, -0.2) is 24.5 Å². The number of amidine groups is 1. The highest BCUT2D eigenvalue weighted by Crippen LogP contribution is 1.97. The minimum atomic E-state index is 0.175. The summed E-state index contributed by atoms with van der Waals surface area (Å²) >= 11 is 1.32. The summed E-state index contributed by atoms with van der Waals surface area (Å²) in [6, 6.07) is 0. The molecule has 4 heteroatoms. The first-order valence-electron chi connectivity index (χ1n) is 2.29. The molecule has 8 heavy (non-hydrogen) atoms. The Bertz CT molecular complexity index is 73.7. The van der Waals surface area contributed by atoms with Crippen LogP contribution >= 0.6 is 11.8 Å². The van der Waals surface area contributed by atoms with Crippen LogP contribution in [0.15, 0.2) is 0 Å². The summed E-state index contributed by atoms with van der Waals surface area (Å²) in [5, 5.41) is 10.8. The topological polar surface area (TPSA) is 64.0 Å². The number of nitrogens with one attached hydrogen (secondary N) is 1. The van der Waals surface area contributed by atoms with Crippen LogP contribution in [0.2, 0.25) is 0 Å². The molecule has 0 aliphatic rings. The molecule has 0 rings (SSSR count). The number of thioether (sulfide) groups is 1. The van der Waals surface area contributed by atoms with Gasteiger partial charge in [0.2, 0.25) is 0 Å². The van der Waals surface area contributed by atoms with Crippen LogP contribution in [0.3, 0.4) is 0 Å². The van der Waals surface area contributed by atoms with Crippen LogP contribution in [0, 0.1) is 5.41 Å². The monoisotopic (exact) mass is 132 g/mol. The first-order valence-corrected chi connectivity index (χ1v) is 3.28. The van der Waals surface area contributed by atoms with E-state index < -0.39 is 0 Å². The van der Waals surface area contributed by atoms with Gasteiger partial charge in [-0.05, 0) is 5.75 Å². The molecule has 0 aliphatic carbocycles. The summed E-state index contributed by atoms with van der Waals surface area (Å²) in [4.78, 5) is 0. The lowest BCUT2D eigenvalue weighted by Gasteiger charge is -2.07. The number of hydrogen-bond donors (Lipinski definition) is 2. The predicted octanol–water partition coefficient (Wildman–Crippen LogP) is 0.617. The van der Waals surface area contributed by atoms with E-state index in [0.717, 1.165) is 12.3 Å². The number of nitrogens with two attached hydrogens (primary N) is 1. The summed E-state index contributed by atoms with van der Waals surface area (Å²) in [7, 11) is 1.75. The van der Waals surface area contributed by atoms with Crippen LogP contribution in [-0.2, 0) is 0 Å². The maximum atomic E-state index is 6.77. The molecule has 0 fully saturated rings. The van der Waals surface area contributed by atoms with Crippen molar-refractivity contribution >= 4 is 16.9 Å². The van der Waals surface area contributed by atoms with E-state index in [1.165, 1.54) is 11.8 Å². The van der Waals surface area contributed by atoms with Crippen LogP contribution in [0.4, 0.5) is 0 Å². The highest BCUT2D eigenvalue weighted by molar-refractivity contribution is 8.13. The molecule has 0 radical (unpaired) electrons. The molecule has 3 N–H and O–H groups in total. The fraction of sp³-hybridized carbons (Fsp3) is 0.750. The highest BCUT2D eigenvalue weighted by Gasteiger charge is 1.82. The lowest BCUT2D eigenvalue weighted by molar-refractivity contribution is 1.28. The molecular formula is C4H10N3S-. The molecule has 0 aliphatic heterocycles. The minimum absolute atomic E-state index is 0.175. The molecule has 48 valence electrons. The average Bonchev–Trinajstić information content (AvgIpc) is 1.66. The molecule has 0 saturated carbocycles. The van der Waals surface area contributed by atoms with Gasteiger partial charge < -0.3 is 11.1 Å². The Morgan fingerprint density at radius 3 is 2.88 bits per heavy atom. The first kappa shape index (κ1) is 7.78. The molecule has 0 amide bonds. The standard InChI is InChI=1S/C4H10N3S/c1-7-2-3-8-4(5)6/h2-3H2,1H3,(H3,5,6)/q-1. The van der Waals surface area contributed by atoms with Gasteiger partial charge in [-0.3, -0.25) is 5.41 Å². The second-order valence-electron chi connectivity index (χ2n) is 1.25. The van der Waals surface area contributed by atoms with Crippen molar-refractivity contribution in [1.29, 1.82) is 5.41 Å². The van der Waals surface area contributed by atoms with Crippen molar-refractivity contribution in [3.63, 3.8) is 0 Å². The number of hydrogen-bond acceptors (Lipinski definition) is 2. The zero-order valence-corrected chi connectivity index (χ0v) is 5.66. The molecule has 0 aromatic rings. The second kappa shape index (κ2) is 4.93. The molecule has 0 unspecified atom stereocenters. The van der Waals surface area contributed by atoms with E-state index >= 15 is 0 Å². The fourth-order valence-electron chi connectivity index (χ4n) is 0.247. The van der Waals surface area contributed by atoms with Crippen LogP contribution in [0.1, 0.15) is 0 Å². The van der Waals surface area contributed by atoms with E-state index in [1.807, 2.05) is 0 Å². The smallest absolute Gasteiger partial charge is 0.150 e. The van der Waals surface area contributed by atoms with Crippen molar-refractivity contribution in [1.82, 2.24) is 0 Å². The maximum Gasteiger partial charge on any atom is 0.150 e. The fourth-order valence-corrected chi connectivity index (χ4v) is 0.741. The Labute approximate surface area is 53.5 Å². The molecule has 0 bridgehead atoms. The van der Waals surface area contributed by atoms with E-state index in [2.05, 4.69) is 5.32 Å². The molecule has 0 aromatic carbocycles. The van der Waals surface area contributed by atoms with Gasteiger partial charge in [0.15, 0.2) is 5.17 Å². The molecule has 0 saturated heterocycles. The van der Waals surface area contributed by atoms with Crippen LogP contribution < -0.4 is 5.73 Å². The van der Waals surface area contributed by atoms with Crippen LogP contribution in [0.25, 0.3) is 5.32 Å². The van der Waals surface area contributed by atoms with Crippen molar-refractivity contribution < 1.29 is 0 Å². The van der Waals surface area contributed by atoms with E-state index in [9.17, 15) is 0 Å². The second-order valence-corrected chi connectivity index (χ2v) is 2.39. The third kappa shape index (κ3) is 5.78. The van der Waals surface area contributed by atoms with Gasteiger partial charge in [0.25, 0.3) is 0 Å². The minimum Gasteiger partial charge on any atom is -0.664 e. The highest BCUT2D eigenvalue weighted by atomic mass is 32.2. The van der Waals surface area contributed by atoms with Crippen molar-refractivity contribution in [2.24, 2.45) is 5.73 Å². The van der Waals surface area contributed by atoms with Gasteiger partial charge in [-0.1, -0.05) is 11.8 Å². The molecular weight excluding hydrogens is 122 g/mol.